The highest BCUT2D eigenvalue weighted by Gasteiger charge is 2.55. The zero-order valence-corrected chi connectivity index (χ0v) is 16.4. The van der Waals surface area contributed by atoms with Gasteiger partial charge in [-0.25, -0.2) is 0 Å². The maximum atomic E-state index is 12.9. The third-order valence-electron chi connectivity index (χ3n) is 6.94. The number of hydrogen-bond donors (Lipinski definition) is 1. The molecule has 0 saturated carbocycles. The zero-order chi connectivity index (χ0) is 19.0. The maximum absolute atomic E-state index is 12.9. The second-order valence-corrected chi connectivity index (χ2v) is 8.78. The third kappa shape index (κ3) is 3.25. The van der Waals surface area contributed by atoms with Crippen molar-refractivity contribution in [1.29, 1.82) is 0 Å². The van der Waals surface area contributed by atoms with E-state index in [0.29, 0.717) is 12.3 Å². The molecule has 4 aliphatic heterocycles. The fourth-order valence-corrected chi connectivity index (χ4v) is 5.72. The van der Waals surface area contributed by atoms with E-state index >= 15 is 0 Å². The quantitative estimate of drug-likeness (QED) is 0.871. The van der Waals surface area contributed by atoms with Crippen molar-refractivity contribution >= 4 is 5.91 Å². The lowest BCUT2D eigenvalue weighted by atomic mass is 9.64. The van der Waals surface area contributed by atoms with Gasteiger partial charge >= 0.3 is 0 Å². The summed E-state index contributed by atoms with van der Waals surface area (Å²) >= 11 is 0. The molecule has 1 N–H and O–H groups in total. The SMILES string of the molecule is O=C(CCc1ccccc1)N[C@H]1C2CN3CCN(C2)CC1(c1ccccc1)C3. The van der Waals surface area contributed by atoms with E-state index in [4.69, 9.17) is 0 Å². The number of piperidine rings is 2. The Labute approximate surface area is 167 Å². The molecule has 0 spiro atoms. The highest BCUT2D eigenvalue weighted by molar-refractivity contribution is 5.77. The van der Waals surface area contributed by atoms with Crippen molar-refractivity contribution in [2.75, 3.05) is 39.3 Å². The predicted molar refractivity (Wildman–Crippen MR) is 111 cm³/mol. The van der Waals surface area contributed by atoms with Gasteiger partial charge in [0.15, 0.2) is 0 Å². The Morgan fingerprint density at radius 3 is 2.18 bits per heavy atom. The molecule has 4 fully saturated rings. The number of rotatable bonds is 5. The van der Waals surface area contributed by atoms with Gasteiger partial charge in [-0.15, -0.1) is 0 Å². The standard InChI is InChI=1S/C24H29N3O/c28-22(12-11-19-7-3-1-4-8-19)25-23-20-15-26-13-14-27(16-20)18-24(23,17-26)21-9-5-2-6-10-21/h1-10,20,23H,11-18H2,(H,25,28)/t20?,23-,24?/m0/s1. The number of amides is 1. The van der Waals surface area contributed by atoms with Crippen molar-refractivity contribution < 1.29 is 4.79 Å². The van der Waals surface area contributed by atoms with Crippen LogP contribution in [-0.4, -0.2) is 61.0 Å². The van der Waals surface area contributed by atoms with Crippen molar-refractivity contribution in [1.82, 2.24) is 15.1 Å². The van der Waals surface area contributed by atoms with Gasteiger partial charge in [0.2, 0.25) is 5.91 Å². The van der Waals surface area contributed by atoms with Gasteiger partial charge in [0.25, 0.3) is 0 Å². The van der Waals surface area contributed by atoms with Crippen LogP contribution in [0.5, 0.6) is 0 Å². The van der Waals surface area contributed by atoms with E-state index in [0.717, 1.165) is 45.7 Å². The zero-order valence-electron chi connectivity index (χ0n) is 16.4. The predicted octanol–water partition coefficient (Wildman–Crippen LogP) is 2.30. The number of benzene rings is 2. The second-order valence-electron chi connectivity index (χ2n) is 8.78. The highest BCUT2D eigenvalue weighted by Crippen LogP contribution is 2.43. The molecule has 4 saturated heterocycles. The van der Waals surface area contributed by atoms with Crippen LogP contribution in [0.4, 0.5) is 0 Å². The number of carbonyl (C=O) groups excluding carboxylic acids is 1. The molecule has 2 aromatic rings. The third-order valence-corrected chi connectivity index (χ3v) is 6.94. The van der Waals surface area contributed by atoms with Crippen molar-refractivity contribution in [2.24, 2.45) is 5.92 Å². The van der Waals surface area contributed by atoms with E-state index in [-0.39, 0.29) is 17.4 Å². The van der Waals surface area contributed by atoms with Gasteiger partial charge in [0, 0.05) is 63.1 Å². The van der Waals surface area contributed by atoms with E-state index in [9.17, 15) is 4.79 Å². The molecule has 4 heterocycles. The number of nitrogens with zero attached hydrogens (tertiary/aromatic N) is 2. The van der Waals surface area contributed by atoms with Gasteiger partial charge < -0.3 is 15.1 Å². The Hall–Kier alpha value is -2.17. The number of fused-ring (bicyclic) bond motifs is 1. The van der Waals surface area contributed by atoms with Crippen molar-refractivity contribution in [3.8, 4) is 0 Å². The first-order valence-electron chi connectivity index (χ1n) is 10.6. The monoisotopic (exact) mass is 375 g/mol. The molecule has 4 aliphatic rings. The van der Waals surface area contributed by atoms with Gasteiger partial charge in [0.1, 0.15) is 0 Å². The highest BCUT2D eigenvalue weighted by atomic mass is 16.1. The fourth-order valence-electron chi connectivity index (χ4n) is 5.72. The summed E-state index contributed by atoms with van der Waals surface area (Å²) in [5, 5.41) is 3.51. The minimum Gasteiger partial charge on any atom is -0.352 e. The Kier molecular flexibility index (Phi) is 4.69. The van der Waals surface area contributed by atoms with Gasteiger partial charge in [-0.1, -0.05) is 60.7 Å². The van der Waals surface area contributed by atoms with Gasteiger partial charge in [-0.2, -0.15) is 0 Å². The Balaban J connectivity index is 1.38. The second kappa shape index (κ2) is 7.34. The summed E-state index contributed by atoms with van der Waals surface area (Å²) in [6, 6.07) is 21.4. The molecule has 6 rings (SSSR count). The fraction of sp³-hybridized carbons (Fsp3) is 0.458. The van der Waals surface area contributed by atoms with Crippen LogP contribution in [0.2, 0.25) is 0 Å². The molecule has 146 valence electrons. The normalized spacial score (nSPS) is 33.4. The Morgan fingerprint density at radius 2 is 1.54 bits per heavy atom. The van der Waals surface area contributed by atoms with Crippen LogP contribution in [0.25, 0.3) is 0 Å². The number of nitrogens with one attached hydrogen (secondary N) is 1. The van der Waals surface area contributed by atoms with E-state index in [1.807, 2.05) is 18.2 Å². The number of carbonyl (C=O) groups is 1. The topological polar surface area (TPSA) is 35.6 Å². The lowest BCUT2D eigenvalue weighted by Gasteiger charge is -2.55. The summed E-state index contributed by atoms with van der Waals surface area (Å²) in [6.45, 7) is 6.62. The van der Waals surface area contributed by atoms with Gasteiger partial charge in [-0.3, -0.25) is 4.79 Å². The van der Waals surface area contributed by atoms with E-state index in [2.05, 4.69) is 57.6 Å². The summed E-state index contributed by atoms with van der Waals surface area (Å²) in [7, 11) is 0. The molecule has 0 radical (unpaired) electrons. The van der Waals surface area contributed by atoms with Crippen LogP contribution >= 0.6 is 0 Å². The lowest BCUT2D eigenvalue weighted by molar-refractivity contribution is -0.124. The molecule has 3 atom stereocenters. The first kappa shape index (κ1) is 17.9. The van der Waals surface area contributed by atoms with Crippen molar-refractivity contribution in [3.05, 3.63) is 71.8 Å². The molecular weight excluding hydrogens is 346 g/mol. The van der Waals surface area contributed by atoms with Crippen molar-refractivity contribution in [2.45, 2.75) is 24.3 Å². The minimum atomic E-state index is 0.00132. The van der Waals surface area contributed by atoms with Gasteiger partial charge in [0.05, 0.1) is 0 Å². The van der Waals surface area contributed by atoms with Crippen LogP contribution in [0.15, 0.2) is 60.7 Å². The van der Waals surface area contributed by atoms with Crippen LogP contribution in [0, 0.1) is 5.92 Å². The summed E-state index contributed by atoms with van der Waals surface area (Å²) in [4.78, 5) is 18.2. The molecule has 28 heavy (non-hydrogen) atoms. The average Bonchev–Trinajstić information content (AvgIpc) is 2.99. The van der Waals surface area contributed by atoms with Crippen LogP contribution in [0.3, 0.4) is 0 Å². The molecule has 0 aromatic heterocycles. The molecular formula is C24H29N3O. The molecule has 4 heteroatoms. The Morgan fingerprint density at radius 1 is 0.929 bits per heavy atom. The van der Waals surface area contributed by atoms with Gasteiger partial charge in [-0.05, 0) is 17.5 Å². The Bertz CT molecular complexity index is 806. The largest absolute Gasteiger partial charge is 0.352 e. The minimum absolute atomic E-state index is 0.00132. The summed E-state index contributed by atoms with van der Waals surface area (Å²) in [5.74, 6) is 0.700. The molecule has 4 bridgehead atoms. The van der Waals surface area contributed by atoms with Crippen LogP contribution in [0.1, 0.15) is 17.5 Å². The number of aryl methyl sites for hydroxylation is 1. The average molecular weight is 376 g/mol. The van der Waals surface area contributed by atoms with Crippen molar-refractivity contribution in [3.63, 3.8) is 0 Å². The molecule has 0 aliphatic carbocycles. The molecule has 2 aromatic carbocycles. The van der Waals surface area contributed by atoms with E-state index in [1.54, 1.807) is 0 Å². The summed E-state index contributed by atoms with van der Waals surface area (Å²) in [5.41, 5.74) is 2.61. The first-order chi connectivity index (χ1) is 13.7. The van der Waals surface area contributed by atoms with E-state index in [1.165, 1.54) is 11.1 Å². The lowest BCUT2D eigenvalue weighted by Crippen LogP contribution is -2.70. The maximum Gasteiger partial charge on any atom is 0.220 e. The smallest absolute Gasteiger partial charge is 0.220 e. The number of hydrogen-bond acceptors (Lipinski definition) is 3. The van der Waals surface area contributed by atoms with Crippen LogP contribution in [-0.2, 0) is 16.6 Å². The van der Waals surface area contributed by atoms with E-state index < -0.39 is 0 Å². The van der Waals surface area contributed by atoms with Crippen LogP contribution < -0.4 is 5.32 Å². The molecule has 1 amide bonds. The summed E-state index contributed by atoms with van der Waals surface area (Å²) < 4.78 is 0. The first-order valence-corrected chi connectivity index (χ1v) is 10.6. The molecule has 2 unspecified atom stereocenters. The summed E-state index contributed by atoms with van der Waals surface area (Å²) in [6.07, 6.45) is 1.37. The molecule has 4 nitrogen and oxygen atoms in total.